The van der Waals surface area contributed by atoms with Gasteiger partial charge in [-0.25, -0.2) is 0 Å². The highest BCUT2D eigenvalue weighted by Crippen LogP contribution is 2.31. The molecular formula is C15H21N3O. The summed E-state index contributed by atoms with van der Waals surface area (Å²) >= 11 is 0. The van der Waals surface area contributed by atoms with Crippen molar-refractivity contribution >= 4 is 5.91 Å². The summed E-state index contributed by atoms with van der Waals surface area (Å²) < 4.78 is 0. The number of pyridine rings is 1. The molecule has 1 spiro atoms. The molecule has 2 fully saturated rings. The Morgan fingerprint density at radius 3 is 2.95 bits per heavy atom. The van der Waals surface area contributed by atoms with Crippen LogP contribution in [0.25, 0.3) is 0 Å². The third-order valence-electron chi connectivity index (χ3n) is 4.38. The summed E-state index contributed by atoms with van der Waals surface area (Å²) in [6.07, 6.45) is 6.94. The van der Waals surface area contributed by atoms with Crippen LogP contribution in [0.15, 0.2) is 24.4 Å². The van der Waals surface area contributed by atoms with Crippen molar-refractivity contribution in [1.29, 1.82) is 0 Å². The van der Waals surface area contributed by atoms with Gasteiger partial charge in [-0.2, -0.15) is 0 Å². The summed E-state index contributed by atoms with van der Waals surface area (Å²) in [5.41, 5.74) is 1.23. The molecule has 1 aromatic rings. The van der Waals surface area contributed by atoms with E-state index in [1.54, 1.807) is 0 Å². The number of carbonyl (C=O) groups is 1. The molecule has 1 N–H and O–H groups in total. The van der Waals surface area contributed by atoms with E-state index in [0.29, 0.717) is 6.42 Å². The van der Waals surface area contributed by atoms with Gasteiger partial charge in [-0.15, -0.1) is 0 Å². The molecule has 3 rings (SSSR count). The van der Waals surface area contributed by atoms with Crippen molar-refractivity contribution in [1.82, 2.24) is 15.2 Å². The molecule has 2 saturated heterocycles. The summed E-state index contributed by atoms with van der Waals surface area (Å²) in [5, 5.41) is 3.21. The van der Waals surface area contributed by atoms with E-state index >= 15 is 0 Å². The maximum absolute atomic E-state index is 11.5. The average Bonchev–Trinajstić information content (AvgIpc) is 2.67. The molecule has 0 bridgehead atoms. The van der Waals surface area contributed by atoms with E-state index in [2.05, 4.69) is 21.3 Å². The number of aromatic nitrogens is 1. The molecule has 1 aromatic heterocycles. The lowest BCUT2D eigenvalue weighted by molar-refractivity contribution is -0.119. The number of carbonyl (C=O) groups excluding carboxylic acids is 1. The van der Waals surface area contributed by atoms with E-state index in [1.807, 2.05) is 18.3 Å². The number of hydrogen-bond acceptors (Lipinski definition) is 3. The second-order valence-electron chi connectivity index (χ2n) is 5.78. The largest absolute Gasteiger partial charge is 0.351 e. The fourth-order valence-corrected chi connectivity index (χ4v) is 3.28. The number of nitrogens with zero attached hydrogens (tertiary/aromatic N) is 2. The van der Waals surface area contributed by atoms with Crippen LogP contribution in [-0.4, -0.2) is 34.4 Å². The second-order valence-corrected chi connectivity index (χ2v) is 5.78. The fraction of sp³-hybridized carbons (Fsp3) is 0.600. The first-order valence-corrected chi connectivity index (χ1v) is 7.19. The van der Waals surface area contributed by atoms with Gasteiger partial charge >= 0.3 is 0 Å². The Hall–Kier alpha value is -1.42. The van der Waals surface area contributed by atoms with Gasteiger partial charge in [-0.05, 0) is 44.4 Å². The lowest BCUT2D eigenvalue weighted by atomic mass is 9.89. The second kappa shape index (κ2) is 5.29. The number of nitrogens with one attached hydrogen (secondary N) is 1. The summed E-state index contributed by atoms with van der Waals surface area (Å²) in [6.45, 7) is 3.08. The monoisotopic (exact) mass is 259 g/mol. The molecule has 2 aliphatic heterocycles. The number of amides is 1. The first-order chi connectivity index (χ1) is 9.26. The summed E-state index contributed by atoms with van der Waals surface area (Å²) in [6, 6.07) is 6.08. The molecule has 0 unspecified atom stereocenters. The number of likely N-dealkylation sites (tertiary alicyclic amines) is 1. The quantitative estimate of drug-likeness (QED) is 0.879. The van der Waals surface area contributed by atoms with Gasteiger partial charge in [0.15, 0.2) is 0 Å². The maximum Gasteiger partial charge on any atom is 0.220 e. The molecule has 2 aliphatic rings. The zero-order chi connectivity index (χ0) is 13.1. The third kappa shape index (κ3) is 2.95. The van der Waals surface area contributed by atoms with Crippen LogP contribution in [0, 0.1) is 0 Å². The average molecular weight is 259 g/mol. The van der Waals surface area contributed by atoms with E-state index in [9.17, 15) is 4.79 Å². The van der Waals surface area contributed by atoms with Gasteiger partial charge in [-0.1, -0.05) is 6.07 Å². The Morgan fingerprint density at radius 2 is 2.21 bits per heavy atom. The van der Waals surface area contributed by atoms with E-state index in [1.165, 1.54) is 0 Å². The van der Waals surface area contributed by atoms with Crippen molar-refractivity contribution in [2.75, 3.05) is 13.1 Å². The Morgan fingerprint density at radius 1 is 1.26 bits per heavy atom. The molecule has 0 aliphatic carbocycles. The van der Waals surface area contributed by atoms with E-state index in [4.69, 9.17) is 0 Å². The summed E-state index contributed by atoms with van der Waals surface area (Å²) in [5.74, 6) is 0.234. The molecule has 4 heteroatoms. The summed E-state index contributed by atoms with van der Waals surface area (Å²) in [4.78, 5) is 18.3. The Labute approximate surface area is 114 Å². The van der Waals surface area contributed by atoms with Crippen molar-refractivity contribution in [3.05, 3.63) is 30.1 Å². The van der Waals surface area contributed by atoms with Gasteiger partial charge < -0.3 is 5.32 Å². The van der Waals surface area contributed by atoms with Crippen molar-refractivity contribution in [2.45, 2.75) is 44.2 Å². The molecular weight excluding hydrogens is 238 g/mol. The third-order valence-corrected chi connectivity index (χ3v) is 4.38. The van der Waals surface area contributed by atoms with Crippen molar-refractivity contribution in [3.8, 4) is 0 Å². The predicted octanol–water partition coefficient (Wildman–Crippen LogP) is 1.72. The van der Waals surface area contributed by atoms with Crippen molar-refractivity contribution in [3.63, 3.8) is 0 Å². The Balaban J connectivity index is 1.60. The molecule has 0 radical (unpaired) electrons. The minimum atomic E-state index is 0.0932. The van der Waals surface area contributed by atoms with Gasteiger partial charge in [0, 0.05) is 31.2 Å². The Kier molecular flexibility index (Phi) is 3.51. The van der Waals surface area contributed by atoms with Crippen LogP contribution >= 0.6 is 0 Å². The topological polar surface area (TPSA) is 45.2 Å². The highest BCUT2D eigenvalue weighted by molar-refractivity contribution is 5.79. The van der Waals surface area contributed by atoms with Crippen LogP contribution in [0.3, 0.4) is 0 Å². The first kappa shape index (κ1) is 12.6. The van der Waals surface area contributed by atoms with Crippen LogP contribution in [0.1, 0.15) is 37.8 Å². The van der Waals surface area contributed by atoms with Gasteiger partial charge in [0.2, 0.25) is 5.91 Å². The van der Waals surface area contributed by atoms with Gasteiger partial charge in [0.25, 0.3) is 0 Å². The van der Waals surface area contributed by atoms with Gasteiger partial charge in [0.1, 0.15) is 0 Å². The van der Waals surface area contributed by atoms with Crippen molar-refractivity contribution in [2.24, 2.45) is 0 Å². The smallest absolute Gasteiger partial charge is 0.220 e. The lowest BCUT2D eigenvalue weighted by Crippen LogP contribution is -2.42. The van der Waals surface area contributed by atoms with E-state index in [-0.39, 0.29) is 11.4 Å². The fourth-order valence-electron chi connectivity index (χ4n) is 3.28. The summed E-state index contributed by atoms with van der Waals surface area (Å²) in [7, 11) is 0. The molecule has 0 aromatic carbocycles. The van der Waals surface area contributed by atoms with Gasteiger partial charge in [0.05, 0.1) is 5.69 Å². The molecule has 19 heavy (non-hydrogen) atoms. The first-order valence-electron chi connectivity index (χ1n) is 7.19. The molecule has 3 heterocycles. The zero-order valence-electron chi connectivity index (χ0n) is 11.3. The van der Waals surface area contributed by atoms with E-state index < -0.39 is 0 Å². The molecule has 102 valence electrons. The predicted molar refractivity (Wildman–Crippen MR) is 73.5 cm³/mol. The van der Waals surface area contributed by atoms with Crippen LogP contribution < -0.4 is 5.32 Å². The maximum atomic E-state index is 11.5. The highest BCUT2D eigenvalue weighted by Gasteiger charge is 2.38. The van der Waals surface area contributed by atoms with Gasteiger partial charge in [-0.3, -0.25) is 14.7 Å². The SMILES string of the molecule is O=C1CC[C@]2(CCCN(Cc3ccccn3)CC2)N1. The normalized spacial score (nSPS) is 28.3. The standard InChI is InChI=1S/C15H21N3O/c19-14-5-7-15(17-14)6-3-10-18(11-8-15)12-13-4-1-2-9-16-13/h1-2,4,9H,3,5-8,10-12H2,(H,17,19)/t15-/m0/s1. The van der Waals surface area contributed by atoms with Crippen molar-refractivity contribution < 1.29 is 4.79 Å². The van der Waals surface area contributed by atoms with E-state index in [0.717, 1.165) is 51.0 Å². The van der Waals surface area contributed by atoms with Crippen LogP contribution in [0.2, 0.25) is 0 Å². The molecule has 4 nitrogen and oxygen atoms in total. The zero-order valence-corrected chi connectivity index (χ0v) is 11.3. The van der Waals surface area contributed by atoms with Crippen LogP contribution in [0.4, 0.5) is 0 Å². The highest BCUT2D eigenvalue weighted by atomic mass is 16.2. The Bertz CT molecular complexity index is 448. The molecule has 0 saturated carbocycles. The number of hydrogen-bond donors (Lipinski definition) is 1. The lowest BCUT2D eigenvalue weighted by Gasteiger charge is -2.27. The minimum Gasteiger partial charge on any atom is -0.351 e. The van der Waals surface area contributed by atoms with Crippen LogP contribution in [-0.2, 0) is 11.3 Å². The molecule has 1 amide bonds. The van der Waals surface area contributed by atoms with Crippen LogP contribution in [0.5, 0.6) is 0 Å². The molecule has 1 atom stereocenters. The number of rotatable bonds is 2. The minimum absolute atomic E-state index is 0.0932.